The number of imide groups is 2. The first-order valence-electron chi connectivity index (χ1n) is 8.52. The standard InChI is InChI=1S/C18H17N5O5/c1-22(7-6-19)9-15(25)20-10-2-3-11-12(8-10)18(28)23(17(11)27)13-4-5-14(24)21-16(13)26/h2-3,8,13H,4-5,7,9H2,1H3,(H,20,25)(H,21,24,26). The first-order chi connectivity index (χ1) is 13.3. The summed E-state index contributed by atoms with van der Waals surface area (Å²) < 4.78 is 0. The van der Waals surface area contributed by atoms with Gasteiger partial charge in [-0.15, -0.1) is 0 Å². The maximum atomic E-state index is 12.7. The molecule has 2 heterocycles. The fourth-order valence-corrected chi connectivity index (χ4v) is 3.17. The molecule has 2 N–H and O–H groups in total. The molecule has 3 rings (SSSR count). The number of nitrogens with zero attached hydrogens (tertiary/aromatic N) is 3. The summed E-state index contributed by atoms with van der Waals surface area (Å²) in [6, 6.07) is 5.17. The van der Waals surface area contributed by atoms with Crippen LogP contribution >= 0.6 is 0 Å². The van der Waals surface area contributed by atoms with Gasteiger partial charge in [0.25, 0.3) is 11.8 Å². The summed E-state index contributed by atoms with van der Waals surface area (Å²) in [7, 11) is 1.62. The SMILES string of the molecule is CN(CC#N)CC(=O)Nc1ccc2c(c1)C(=O)N(C1CCC(=O)NC1=O)C2=O. The van der Waals surface area contributed by atoms with Crippen LogP contribution in [0.15, 0.2) is 18.2 Å². The molecular formula is C18H17N5O5. The van der Waals surface area contributed by atoms with Crippen molar-refractivity contribution >= 4 is 35.2 Å². The van der Waals surface area contributed by atoms with Crippen LogP contribution < -0.4 is 10.6 Å². The molecule has 0 saturated carbocycles. The predicted molar refractivity (Wildman–Crippen MR) is 94.9 cm³/mol. The Morgan fingerprint density at radius 2 is 2.00 bits per heavy atom. The Morgan fingerprint density at radius 1 is 1.29 bits per heavy atom. The molecule has 0 radical (unpaired) electrons. The summed E-state index contributed by atoms with van der Waals surface area (Å²) in [6.07, 6.45) is 0.117. The van der Waals surface area contributed by atoms with Crippen molar-refractivity contribution in [3.8, 4) is 6.07 Å². The monoisotopic (exact) mass is 383 g/mol. The second-order valence-electron chi connectivity index (χ2n) is 6.59. The molecule has 144 valence electrons. The average Bonchev–Trinajstić information content (AvgIpc) is 2.86. The summed E-state index contributed by atoms with van der Waals surface area (Å²) in [5.74, 6) is -2.76. The molecule has 0 aliphatic carbocycles. The van der Waals surface area contributed by atoms with Crippen LogP contribution in [0.25, 0.3) is 0 Å². The Bertz CT molecular complexity index is 935. The minimum Gasteiger partial charge on any atom is -0.325 e. The number of fused-ring (bicyclic) bond motifs is 1. The third-order valence-electron chi connectivity index (χ3n) is 4.48. The van der Waals surface area contributed by atoms with Gasteiger partial charge in [-0.05, 0) is 31.7 Å². The third kappa shape index (κ3) is 3.60. The van der Waals surface area contributed by atoms with E-state index in [0.717, 1.165) is 4.90 Å². The number of hydrogen-bond donors (Lipinski definition) is 2. The molecule has 10 heteroatoms. The molecule has 2 aliphatic heterocycles. The zero-order valence-electron chi connectivity index (χ0n) is 15.0. The van der Waals surface area contributed by atoms with Gasteiger partial charge >= 0.3 is 0 Å². The molecule has 1 saturated heterocycles. The third-order valence-corrected chi connectivity index (χ3v) is 4.48. The first kappa shape index (κ1) is 19.2. The van der Waals surface area contributed by atoms with Crippen LogP contribution in [-0.2, 0) is 14.4 Å². The zero-order chi connectivity index (χ0) is 20.4. The predicted octanol–water partition coefficient (Wildman–Crippen LogP) is -0.518. The molecule has 1 aromatic rings. The van der Waals surface area contributed by atoms with Crippen LogP contribution in [0.4, 0.5) is 5.69 Å². The van der Waals surface area contributed by atoms with Gasteiger partial charge in [0.1, 0.15) is 6.04 Å². The van der Waals surface area contributed by atoms with Crippen molar-refractivity contribution < 1.29 is 24.0 Å². The number of amides is 5. The summed E-state index contributed by atoms with van der Waals surface area (Å²) >= 11 is 0. The van der Waals surface area contributed by atoms with E-state index >= 15 is 0 Å². The number of carbonyl (C=O) groups excluding carboxylic acids is 5. The highest BCUT2D eigenvalue weighted by molar-refractivity contribution is 6.23. The highest BCUT2D eigenvalue weighted by Crippen LogP contribution is 2.29. The van der Waals surface area contributed by atoms with Crippen molar-refractivity contribution in [1.82, 2.24) is 15.1 Å². The second-order valence-corrected chi connectivity index (χ2v) is 6.59. The fraction of sp³-hybridized carbons (Fsp3) is 0.333. The van der Waals surface area contributed by atoms with Gasteiger partial charge in [-0.2, -0.15) is 5.26 Å². The molecule has 0 spiro atoms. The van der Waals surface area contributed by atoms with E-state index in [1.54, 1.807) is 7.05 Å². The molecule has 1 fully saturated rings. The van der Waals surface area contributed by atoms with E-state index in [-0.39, 0.29) is 43.0 Å². The van der Waals surface area contributed by atoms with Crippen LogP contribution in [0.5, 0.6) is 0 Å². The smallest absolute Gasteiger partial charge is 0.262 e. The van der Waals surface area contributed by atoms with E-state index in [1.807, 2.05) is 6.07 Å². The van der Waals surface area contributed by atoms with Crippen molar-refractivity contribution in [3.05, 3.63) is 29.3 Å². The lowest BCUT2D eigenvalue weighted by Crippen LogP contribution is -2.54. The van der Waals surface area contributed by atoms with Crippen LogP contribution in [0.2, 0.25) is 0 Å². The number of hydrogen-bond acceptors (Lipinski definition) is 7. The van der Waals surface area contributed by atoms with E-state index in [1.165, 1.54) is 23.1 Å². The Labute approximate surface area is 160 Å². The largest absolute Gasteiger partial charge is 0.325 e. The molecule has 2 aliphatic rings. The number of nitriles is 1. The Kier molecular flexibility index (Phi) is 5.19. The van der Waals surface area contributed by atoms with E-state index in [4.69, 9.17) is 5.26 Å². The lowest BCUT2D eigenvalue weighted by atomic mass is 10.0. The number of benzene rings is 1. The zero-order valence-corrected chi connectivity index (χ0v) is 15.0. The van der Waals surface area contributed by atoms with Crippen LogP contribution in [0, 0.1) is 11.3 Å². The van der Waals surface area contributed by atoms with E-state index in [2.05, 4.69) is 10.6 Å². The van der Waals surface area contributed by atoms with Crippen LogP contribution in [-0.4, -0.2) is 65.5 Å². The van der Waals surface area contributed by atoms with Crippen molar-refractivity contribution in [2.75, 3.05) is 25.5 Å². The fourth-order valence-electron chi connectivity index (χ4n) is 3.17. The topological polar surface area (TPSA) is 140 Å². The lowest BCUT2D eigenvalue weighted by Gasteiger charge is -2.27. The molecular weight excluding hydrogens is 366 g/mol. The van der Waals surface area contributed by atoms with Gasteiger partial charge in [-0.1, -0.05) is 0 Å². The van der Waals surface area contributed by atoms with E-state index < -0.39 is 29.7 Å². The van der Waals surface area contributed by atoms with Gasteiger partial charge in [0, 0.05) is 12.1 Å². The number of carbonyl (C=O) groups is 5. The number of rotatable bonds is 5. The molecule has 0 aromatic heterocycles. The molecule has 28 heavy (non-hydrogen) atoms. The van der Waals surface area contributed by atoms with Gasteiger partial charge in [0.2, 0.25) is 17.7 Å². The van der Waals surface area contributed by atoms with Gasteiger partial charge in [-0.3, -0.25) is 39.1 Å². The highest BCUT2D eigenvalue weighted by atomic mass is 16.2. The van der Waals surface area contributed by atoms with E-state index in [9.17, 15) is 24.0 Å². The molecule has 0 bridgehead atoms. The van der Waals surface area contributed by atoms with Gasteiger partial charge in [-0.25, -0.2) is 0 Å². The average molecular weight is 383 g/mol. The Morgan fingerprint density at radius 3 is 2.68 bits per heavy atom. The van der Waals surface area contributed by atoms with Crippen molar-refractivity contribution in [3.63, 3.8) is 0 Å². The quantitative estimate of drug-likeness (QED) is 0.515. The molecule has 1 atom stereocenters. The lowest BCUT2D eigenvalue weighted by molar-refractivity contribution is -0.136. The number of nitrogens with one attached hydrogen (secondary N) is 2. The highest BCUT2D eigenvalue weighted by Gasteiger charge is 2.44. The Balaban J connectivity index is 1.77. The molecule has 1 unspecified atom stereocenters. The van der Waals surface area contributed by atoms with Gasteiger partial charge < -0.3 is 5.32 Å². The molecule has 5 amide bonds. The van der Waals surface area contributed by atoms with Crippen molar-refractivity contribution in [2.45, 2.75) is 18.9 Å². The first-order valence-corrected chi connectivity index (χ1v) is 8.52. The van der Waals surface area contributed by atoms with Crippen LogP contribution in [0.1, 0.15) is 33.6 Å². The summed E-state index contributed by atoms with van der Waals surface area (Å²) in [6.45, 7) is 0.0748. The minimum atomic E-state index is -1.04. The molecule has 1 aromatic carbocycles. The molecule has 10 nitrogen and oxygen atoms in total. The van der Waals surface area contributed by atoms with E-state index in [0.29, 0.717) is 5.69 Å². The minimum absolute atomic E-state index is 0.0140. The summed E-state index contributed by atoms with van der Waals surface area (Å²) in [5, 5.41) is 13.4. The van der Waals surface area contributed by atoms with Crippen molar-refractivity contribution in [2.24, 2.45) is 0 Å². The second kappa shape index (κ2) is 7.58. The Hall–Kier alpha value is -3.58. The summed E-state index contributed by atoms with van der Waals surface area (Å²) in [5.41, 5.74) is 0.535. The maximum Gasteiger partial charge on any atom is 0.262 e. The van der Waals surface area contributed by atoms with Crippen molar-refractivity contribution in [1.29, 1.82) is 5.26 Å². The van der Waals surface area contributed by atoms with Gasteiger partial charge in [0.05, 0.1) is 30.3 Å². The number of piperidine rings is 1. The maximum absolute atomic E-state index is 12.7. The summed E-state index contributed by atoms with van der Waals surface area (Å²) in [4.78, 5) is 63.1. The van der Waals surface area contributed by atoms with Gasteiger partial charge in [0.15, 0.2) is 0 Å². The normalized spacial score (nSPS) is 18.8. The van der Waals surface area contributed by atoms with Crippen LogP contribution in [0.3, 0.4) is 0 Å². The number of anilines is 1. The number of likely N-dealkylation sites (N-methyl/N-ethyl adjacent to an activating group) is 1.